The highest BCUT2D eigenvalue weighted by molar-refractivity contribution is 5.31. The Hall–Kier alpha value is -2.05. The maximum atomic E-state index is 8.73. The van der Waals surface area contributed by atoms with Gasteiger partial charge in [0.15, 0.2) is 0 Å². The number of hydrogen-bond donors (Lipinski definition) is 0. The molecular formula is C15H16N2O. The molecule has 1 aromatic heterocycles. The van der Waals surface area contributed by atoms with E-state index >= 15 is 0 Å². The lowest BCUT2D eigenvalue weighted by Gasteiger charge is -2.15. The SMILES string of the molecule is Cc1ccc(CN(C)Cc2ccc(C#N)cc2)o1. The number of nitrogens with zero attached hydrogens (tertiary/aromatic N) is 2. The first-order valence-electron chi connectivity index (χ1n) is 5.90. The molecule has 92 valence electrons. The fourth-order valence-corrected chi connectivity index (χ4v) is 1.89. The Kier molecular flexibility index (Phi) is 3.81. The molecule has 0 saturated heterocycles. The summed E-state index contributed by atoms with van der Waals surface area (Å²) in [6.45, 7) is 3.57. The van der Waals surface area contributed by atoms with Crippen LogP contribution < -0.4 is 0 Å². The average Bonchev–Trinajstić information content (AvgIpc) is 2.75. The quantitative estimate of drug-likeness (QED) is 0.824. The Morgan fingerprint density at radius 3 is 2.39 bits per heavy atom. The zero-order chi connectivity index (χ0) is 13.0. The predicted octanol–water partition coefficient (Wildman–Crippen LogP) is 3.09. The molecule has 0 radical (unpaired) electrons. The molecule has 0 N–H and O–H groups in total. The van der Waals surface area contributed by atoms with E-state index in [9.17, 15) is 0 Å². The smallest absolute Gasteiger partial charge is 0.118 e. The minimum Gasteiger partial charge on any atom is -0.465 e. The zero-order valence-electron chi connectivity index (χ0n) is 10.7. The van der Waals surface area contributed by atoms with Crippen LogP contribution in [0.25, 0.3) is 0 Å². The van der Waals surface area contributed by atoms with Crippen LogP contribution in [0.15, 0.2) is 40.8 Å². The van der Waals surface area contributed by atoms with Crippen LogP contribution in [0.4, 0.5) is 0 Å². The molecule has 1 aromatic carbocycles. The van der Waals surface area contributed by atoms with Gasteiger partial charge in [-0.3, -0.25) is 4.90 Å². The van der Waals surface area contributed by atoms with Crippen LogP contribution >= 0.6 is 0 Å². The lowest BCUT2D eigenvalue weighted by atomic mass is 10.1. The molecule has 0 aliphatic carbocycles. The Balaban J connectivity index is 1.94. The summed E-state index contributed by atoms with van der Waals surface area (Å²) in [5.41, 5.74) is 1.89. The minimum absolute atomic E-state index is 0.697. The molecule has 0 atom stereocenters. The Morgan fingerprint density at radius 1 is 1.11 bits per heavy atom. The Bertz CT molecular complexity index is 549. The number of nitriles is 1. The third-order valence-electron chi connectivity index (χ3n) is 2.76. The van der Waals surface area contributed by atoms with Crippen LogP contribution in [0, 0.1) is 18.3 Å². The number of furan rings is 1. The van der Waals surface area contributed by atoms with Gasteiger partial charge in [-0.25, -0.2) is 0 Å². The summed E-state index contributed by atoms with van der Waals surface area (Å²) in [5.74, 6) is 1.92. The van der Waals surface area contributed by atoms with E-state index in [0.717, 1.165) is 24.6 Å². The van der Waals surface area contributed by atoms with Crippen LogP contribution in [0.2, 0.25) is 0 Å². The molecular weight excluding hydrogens is 224 g/mol. The normalized spacial score (nSPS) is 10.6. The van der Waals surface area contributed by atoms with Gasteiger partial charge < -0.3 is 4.42 Å². The van der Waals surface area contributed by atoms with E-state index in [2.05, 4.69) is 18.0 Å². The van der Waals surface area contributed by atoms with Crippen LogP contribution in [-0.4, -0.2) is 11.9 Å². The third-order valence-corrected chi connectivity index (χ3v) is 2.76. The van der Waals surface area contributed by atoms with Crippen molar-refractivity contribution in [1.29, 1.82) is 5.26 Å². The molecule has 3 heteroatoms. The molecule has 1 heterocycles. The first-order chi connectivity index (χ1) is 8.67. The van der Waals surface area contributed by atoms with Gasteiger partial charge in [0.05, 0.1) is 18.2 Å². The predicted molar refractivity (Wildman–Crippen MR) is 69.8 cm³/mol. The van der Waals surface area contributed by atoms with Crippen molar-refractivity contribution in [3.8, 4) is 6.07 Å². The van der Waals surface area contributed by atoms with E-state index < -0.39 is 0 Å². The van der Waals surface area contributed by atoms with Crippen molar-refractivity contribution in [3.05, 3.63) is 59.0 Å². The number of aryl methyl sites for hydroxylation is 1. The average molecular weight is 240 g/mol. The summed E-state index contributed by atoms with van der Waals surface area (Å²) in [6, 6.07) is 13.8. The van der Waals surface area contributed by atoms with Crippen LogP contribution in [0.1, 0.15) is 22.6 Å². The van der Waals surface area contributed by atoms with Crippen molar-refractivity contribution in [2.24, 2.45) is 0 Å². The van der Waals surface area contributed by atoms with E-state index in [4.69, 9.17) is 9.68 Å². The lowest BCUT2D eigenvalue weighted by molar-refractivity contribution is 0.285. The number of benzene rings is 1. The second kappa shape index (κ2) is 5.52. The maximum absolute atomic E-state index is 8.73. The van der Waals surface area contributed by atoms with Gasteiger partial charge in [-0.05, 0) is 43.8 Å². The monoisotopic (exact) mass is 240 g/mol. The van der Waals surface area contributed by atoms with E-state index in [-0.39, 0.29) is 0 Å². The summed E-state index contributed by atoms with van der Waals surface area (Å²) < 4.78 is 5.54. The molecule has 0 bridgehead atoms. The van der Waals surface area contributed by atoms with Crippen LogP contribution in [-0.2, 0) is 13.1 Å². The Morgan fingerprint density at radius 2 is 1.83 bits per heavy atom. The number of hydrogen-bond acceptors (Lipinski definition) is 3. The molecule has 2 rings (SSSR count). The molecule has 0 spiro atoms. The van der Waals surface area contributed by atoms with E-state index in [1.807, 2.05) is 43.3 Å². The molecule has 0 aliphatic heterocycles. The molecule has 0 aliphatic rings. The summed E-state index contributed by atoms with van der Waals surface area (Å²) in [6.07, 6.45) is 0. The van der Waals surface area contributed by atoms with Gasteiger partial charge in [0.25, 0.3) is 0 Å². The maximum Gasteiger partial charge on any atom is 0.118 e. The molecule has 0 saturated carbocycles. The van der Waals surface area contributed by atoms with Gasteiger partial charge in [-0.1, -0.05) is 12.1 Å². The van der Waals surface area contributed by atoms with Crippen molar-refractivity contribution < 1.29 is 4.42 Å². The first-order valence-corrected chi connectivity index (χ1v) is 5.90. The molecule has 18 heavy (non-hydrogen) atoms. The molecule has 0 unspecified atom stereocenters. The first kappa shape index (κ1) is 12.4. The van der Waals surface area contributed by atoms with E-state index in [1.54, 1.807) is 0 Å². The van der Waals surface area contributed by atoms with E-state index in [0.29, 0.717) is 5.56 Å². The fraction of sp³-hybridized carbons (Fsp3) is 0.267. The van der Waals surface area contributed by atoms with Crippen LogP contribution in [0.3, 0.4) is 0 Å². The fourth-order valence-electron chi connectivity index (χ4n) is 1.89. The highest BCUT2D eigenvalue weighted by atomic mass is 16.3. The number of rotatable bonds is 4. The topological polar surface area (TPSA) is 40.2 Å². The largest absolute Gasteiger partial charge is 0.465 e. The van der Waals surface area contributed by atoms with Gasteiger partial charge in [0.2, 0.25) is 0 Å². The third kappa shape index (κ3) is 3.22. The highest BCUT2D eigenvalue weighted by Crippen LogP contribution is 2.11. The zero-order valence-corrected chi connectivity index (χ0v) is 10.7. The second-order valence-corrected chi connectivity index (χ2v) is 4.49. The van der Waals surface area contributed by atoms with Gasteiger partial charge >= 0.3 is 0 Å². The highest BCUT2D eigenvalue weighted by Gasteiger charge is 2.05. The second-order valence-electron chi connectivity index (χ2n) is 4.49. The molecule has 0 fully saturated rings. The van der Waals surface area contributed by atoms with Gasteiger partial charge in [0.1, 0.15) is 11.5 Å². The van der Waals surface area contributed by atoms with Crippen molar-refractivity contribution in [1.82, 2.24) is 4.90 Å². The van der Waals surface area contributed by atoms with Crippen LogP contribution in [0.5, 0.6) is 0 Å². The van der Waals surface area contributed by atoms with Gasteiger partial charge in [-0.2, -0.15) is 5.26 Å². The van der Waals surface area contributed by atoms with Gasteiger partial charge in [0, 0.05) is 6.54 Å². The standard InChI is InChI=1S/C15H16N2O/c1-12-3-8-15(18-12)11-17(2)10-14-6-4-13(9-16)5-7-14/h3-8H,10-11H2,1-2H3. The van der Waals surface area contributed by atoms with Crippen molar-refractivity contribution in [3.63, 3.8) is 0 Å². The van der Waals surface area contributed by atoms with Crippen molar-refractivity contribution in [2.75, 3.05) is 7.05 Å². The minimum atomic E-state index is 0.697. The Labute approximate surface area is 107 Å². The van der Waals surface area contributed by atoms with Crippen molar-refractivity contribution >= 4 is 0 Å². The molecule has 2 aromatic rings. The summed E-state index contributed by atoms with van der Waals surface area (Å²) in [7, 11) is 2.05. The lowest BCUT2D eigenvalue weighted by Crippen LogP contribution is -2.16. The molecule has 3 nitrogen and oxygen atoms in total. The van der Waals surface area contributed by atoms with E-state index in [1.165, 1.54) is 5.56 Å². The summed E-state index contributed by atoms with van der Waals surface area (Å²) in [5, 5.41) is 8.73. The summed E-state index contributed by atoms with van der Waals surface area (Å²) >= 11 is 0. The summed E-state index contributed by atoms with van der Waals surface area (Å²) in [4.78, 5) is 2.18. The molecule has 0 amide bonds. The van der Waals surface area contributed by atoms with Crippen molar-refractivity contribution in [2.45, 2.75) is 20.0 Å². The van der Waals surface area contributed by atoms with Gasteiger partial charge in [-0.15, -0.1) is 0 Å².